The van der Waals surface area contributed by atoms with Crippen LogP contribution < -0.4 is 9.46 Å². The van der Waals surface area contributed by atoms with Crippen LogP contribution in [0.2, 0.25) is 0 Å². The second-order valence-corrected chi connectivity index (χ2v) is 8.83. The van der Waals surface area contributed by atoms with Crippen molar-refractivity contribution in [1.29, 1.82) is 0 Å². The summed E-state index contributed by atoms with van der Waals surface area (Å²) in [6, 6.07) is 13.1. The lowest BCUT2D eigenvalue weighted by Crippen LogP contribution is -2.15. The number of thiophene rings is 1. The predicted octanol–water partition coefficient (Wildman–Crippen LogP) is 3.30. The molecule has 8 nitrogen and oxygen atoms in total. The number of phenols is 1. The maximum Gasteiger partial charge on any atom is 0.342 e. The molecule has 3 rings (SSSR count). The third-order valence-electron chi connectivity index (χ3n) is 3.97. The number of aromatic hydroxyl groups is 1. The molecule has 0 aliphatic heterocycles. The van der Waals surface area contributed by atoms with E-state index in [1.165, 1.54) is 25.3 Å². The largest absolute Gasteiger partial charge is 0.507 e. The van der Waals surface area contributed by atoms with Crippen LogP contribution in [-0.2, 0) is 14.8 Å². The van der Waals surface area contributed by atoms with Gasteiger partial charge in [-0.25, -0.2) is 13.2 Å². The van der Waals surface area contributed by atoms with Gasteiger partial charge in [-0.1, -0.05) is 18.2 Å². The number of anilines is 1. The van der Waals surface area contributed by atoms with Crippen LogP contribution in [0.15, 0.2) is 64.2 Å². The van der Waals surface area contributed by atoms with Gasteiger partial charge in [0.2, 0.25) is 5.78 Å². The van der Waals surface area contributed by atoms with E-state index in [9.17, 15) is 23.1 Å². The van der Waals surface area contributed by atoms with E-state index >= 15 is 0 Å². The molecule has 0 amide bonds. The van der Waals surface area contributed by atoms with E-state index < -0.39 is 34.1 Å². The van der Waals surface area contributed by atoms with E-state index in [-0.39, 0.29) is 21.0 Å². The van der Waals surface area contributed by atoms with Crippen LogP contribution in [0.25, 0.3) is 0 Å². The van der Waals surface area contributed by atoms with Gasteiger partial charge in [0.15, 0.2) is 6.61 Å². The van der Waals surface area contributed by atoms with Crippen molar-refractivity contribution in [2.75, 3.05) is 18.4 Å². The number of ether oxygens (including phenoxy) is 2. The average Bonchev–Trinajstić information content (AvgIpc) is 3.27. The molecule has 0 unspecified atom stereocenters. The number of carbonyl (C=O) groups is 2. The number of hydrogen-bond donors (Lipinski definition) is 2. The molecule has 2 aromatic carbocycles. The van der Waals surface area contributed by atoms with Crippen molar-refractivity contribution >= 4 is 38.8 Å². The van der Waals surface area contributed by atoms with Gasteiger partial charge < -0.3 is 14.6 Å². The second kappa shape index (κ2) is 8.97. The minimum Gasteiger partial charge on any atom is -0.507 e. The first-order valence-corrected chi connectivity index (χ1v) is 10.9. The quantitative estimate of drug-likeness (QED) is 0.402. The molecule has 3 aromatic rings. The van der Waals surface area contributed by atoms with Gasteiger partial charge in [-0.2, -0.15) is 0 Å². The summed E-state index contributed by atoms with van der Waals surface area (Å²) in [5, 5.41) is 11.7. The Bertz CT molecular complexity index is 1170. The van der Waals surface area contributed by atoms with Crippen LogP contribution in [0, 0.1) is 0 Å². The molecular weight excluding hydrogens is 430 g/mol. The van der Waals surface area contributed by atoms with Gasteiger partial charge in [-0.15, -0.1) is 11.3 Å². The molecular formula is C20H17NO7S2. The standard InChI is InChI=1S/C20H17NO7S2/c1-27-18-6-3-2-5-14(18)17(23)12-28-20(24)15-9-8-13(11-16(15)22)21-30(25,26)19-7-4-10-29-19/h2-11,21-22H,12H2,1H3. The number of para-hydroxylation sites is 1. The van der Waals surface area contributed by atoms with Gasteiger partial charge in [-0.05, 0) is 35.7 Å². The highest BCUT2D eigenvalue weighted by molar-refractivity contribution is 7.94. The minimum absolute atomic E-state index is 0.0718. The molecule has 0 bridgehead atoms. The Morgan fingerprint density at radius 1 is 1.07 bits per heavy atom. The molecule has 0 saturated heterocycles. The summed E-state index contributed by atoms with van der Waals surface area (Å²) in [5.74, 6) is -1.54. The molecule has 2 N–H and O–H groups in total. The topological polar surface area (TPSA) is 119 Å². The molecule has 0 aliphatic carbocycles. The van der Waals surface area contributed by atoms with E-state index in [1.54, 1.807) is 35.7 Å². The van der Waals surface area contributed by atoms with Crippen molar-refractivity contribution in [1.82, 2.24) is 0 Å². The predicted molar refractivity (Wildman–Crippen MR) is 111 cm³/mol. The van der Waals surface area contributed by atoms with Crippen molar-refractivity contribution in [3.8, 4) is 11.5 Å². The highest BCUT2D eigenvalue weighted by atomic mass is 32.2. The summed E-state index contributed by atoms with van der Waals surface area (Å²) in [4.78, 5) is 24.5. The fraction of sp³-hybridized carbons (Fsp3) is 0.100. The first-order chi connectivity index (χ1) is 14.3. The molecule has 156 valence electrons. The molecule has 0 aliphatic rings. The zero-order chi connectivity index (χ0) is 21.7. The Morgan fingerprint density at radius 2 is 1.83 bits per heavy atom. The van der Waals surface area contributed by atoms with E-state index in [4.69, 9.17) is 9.47 Å². The summed E-state index contributed by atoms with van der Waals surface area (Å²) in [6.07, 6.45) is 0. The zero-order valence-electron chi connectivity index (χ0n) is 15.7. The number of Topliss-reactive ketones (excluding diaryl/α,β-unsaturated/α-hetero) is 1. The van der Waals surface area contributed by atoms with Crippen molar-refractivity contribution in [2.45, 2.75) is 4.21 Å². The van der Waals surface area contributed by atoms with Gasteiger partial charge in [0.05, 0.1) is 18.4 Å². The number of carbonyl (C=O) groups excluding carboxylic acids is 2. The van der Waals surface area contributed by atoms with E-state index in [1.807, 2.05) is 0 Å². The van der Waals surface area contributed by atoms with Crippen LogP contribution in [0.4, 0.5) is 5.69 Å². The number of esters is 1. The third kappa shape index (κ3) is 4.78. The Hall–Kier alpha value is -3.37. The van der Waals surface area contributed by atoms with Crippen LogP contribution >= 0.6 is 11.3 Å². The van der Waals surface area contributed by atoms with Crippen LogP contribution in [-0.4, -0.2) is 39.0 Å². The average molecular weight is 447 g/mol. The van der Waals surface area contributed by atoms with Crippen molar-refractivity contribution in [3.63, 3.8) is 0 Å². The Kier molecular flexibility index (Phi) is 6.38. The number of sulfonamides is 1. The lowest BCUT2D eigenvalue weighted by atomic mass is 10.1. The summed E-state index contributed by atoms with van der Waals surface area (Å²) in [7, 11) is -2.37. The van der Waals surface area contributed by atoms with Crippen molar-refractivity contribution in [3.05, 3.63) is 71.1 Å². The molecule has 1 heterocycles. The highest BCUT2D eigenvalue weighted by Crippen LogP contribution is 2.26. The van der Waals surface area contributed by atoms with E-state index in [2.05, 4.69) is 4.72 Å². The molecule has 0 fully saturated rings. The minimum atomic E-state index is -3.79. The van der Waals surface area contributed by atoms with Gasteiger partial charge in [0.25, 0.3) is 10.0 Å². The van der Waals surface area contributed by atoms with Crippen molar-refractivity contribution < 1.29 is 32.6 Å². The summed E-state index contributed by atoms with van der Waals surface area (Å²) >= 11 is 1.04. The summed E-state index contributed by atoms with van der Waals surface area (Å²) < 4.78 is 37.0. The SMILES string of the molecule is COc1ccccc1C(=O)COC(=O)c1ccc(NS(=O)(=O)c2cccs2)cc1O. The first-order valence-electron chi connectivity index (χ1n) is 8.54. The Labute approximate surface area is 176 Å². The first kappa shape index (κ1) is 21.3. The Balaban J connectivity index is 1.67. The second-order valence-electron chi connectivity index (χ2n) is 5.97. The molecule has 1 aromatic heterocycles. The lowest BCUT2D eigenvalue weighted by molar-refractivity contribution is 0.0471. The highest BCUT2D eigenvalue weighted by Gasteiger charge is 2.20. The number of hydrogen-bond acceptors (Lipinski definition) is 8. The maximum absolute atomic E-state index is 12.3. The summed E-state index contributed by atoms with van der Waals surface area (Å²) in [5.41, 5.74) is 0.125. The van der Waals surface area contributed by atoms with Crippen molar-refractivity contribution in [2.24, 2.45) is 0 Å². The number of rotatable bonds is 8. The van der Waals surface area contributed by atoms with Gasteiger partial charge in [0.1, 0.15) is 21.3 Å². The number of nitrogens with one attached hydrogen (secondary N) is 1. The molecule has 30 heavy (non-hydrogen) atoms. The van der Waals surface area contributed by atoms with E-state index in [0.717, 1.165) is 17.4 Å². The summed E-state index contributed by atoms with van der Waals surface area (Å²) in [6.45, 7) is -0.550. The number of ketones is 1. The molecule has 0 saturated carbocycles. The third-order valence-corrected chi connectivity index (χ3v) is 6.75. The van der Waals surface area contributed by atoms with Crippen LogP contribution in [0.5, 0.6) is 11.5 Å². The van der Waals surface area contributed by atoms with Gasteiger partial charge >= 0.3 is 5.97 Å². The number of phenolic OH excluding ortho intramolecular Hbond substituents is 1. The number of benzene rings is 2. The molecule has 0 radical (unpaired) electrons. The molecule has 10 heteroatoms. The van der Waals surface area contributed by atoms with Gasteiger partial charge in [0, 0.05) is 6.07 Å². The van der Waals surface area contributed by atoms with Crippen LogP contribution in [0.3, 0.4) is 0 Å². The Morgan fingerprint density at radius 3 is 2.50 bits per heavy atom. The van der Waals surface area contributed by atoms with E-state index in [0.29, 0.717) is 5.75 Å². The molecule has 0 spiro atoms. The van der Waals surface area contributed by atoms with Gasteiger partial charge in [-0.3, -0.25) is 9.52 Å². The smallest absolute Gasteiger partial charge is 0.342 e. The molecule has 0 atom stereocenters. The fourth-order valence-corrected chi connectivity index (χ4v) is 4.59. The normalized spacial score (nSPS) is 11.0. The fourth-order valence-electron chi connectivity index (χ4n) is 2.55. The van der Waals surface area contributed by atoms with Crippen LogP contribution in [0.1, 0.15) is 20.7 Å². The monoisotopic (exact) mass is 447 g/mol. The lowest BCUT2D eigenvalue weighted by Gasteiger charge is -2.10. The zero-order valence-corrected chi connectivity index (χ0v) is 17.3. The maximum atomic E-state index is 12.3. The number of methoxy groups -OCH3 is 1.